The zero-order chi connectivity index (χ0) is 11.5. The Bertz CT molecular complexity index is 481. The molecule has 1 atom stereocenters. The molecule has 0 saturated carbocycles. The third-order valence-corrected chi connectivity index (χ3v) is 3.51. The molecule has 0 aromatic carbocycles. The Hall–Kier alpha value is -1.39. The Labute approximate surface area is 98.4 Å². The maximum absolute atomic E-state index is 10.3. The molecule has 0 amide bonds. The molecular weight excluding hydrogens is 222 g/mol. The lowest BCUT2D eigenvalue weighted by Gasteiger charge is -2.13. The van der Waals surface area contributed by atoms with Gasteiger partial charge in [0.2, 0.25) is 5.88 Å². The van der Waals surface area contributed by atoms with Gasteiger partial charge in [0.25, 0.3) is 0 Å². The van der Waals surface area contributed by atoms with Gasteiger partial charge in [-0.3, -0.25) is 0 Å². The summed E-state index contributed by atoms with van der Waals surface area (Å²) in [6, 6.07) is 5.62. The Kier molecular flexibility index (Phi) is 3.22. The molecule has 16 heavy (non-hydrogen) atoms. The first-order valence-corrected chi connectivity index (χ1v) is 5.83. The Morgan fingerprint density at radius 1 is 1.44 bits per heavy atom. The van der Waals surface area contributed by atoms with E-state index in [4.69, 9.17) is 4.74 Å². The topological polar surface area (TPSA) is 42.4 Å². The van der Waals surface area contributed by atoms with E-state index in [1.54, 1.807) is 19.4 Å². The van der Waals surface area contributed by atoms with E-state index in [1.165, 1.54) is 11.3 Å². The van der Waals surface area contributed by atoms with Gasteiger partial charge in [-0.15, -0.1) is 11.3 Å². The van der Waals surface area contributed by atoms with Gasteiger partial charge in [0.15, 0.2) is 0 Å². The van der Waals surface area contributed by atoms with Crippen LogP contribution in [-0.2, 0) is 0 Å². The summed E-state index contributed by atoms with van der Waals surface area (Å²) in [5, 5.41) is 12.2. The van der Waals surface area contributed by atoms with E-state index in [0.717, 1.165) is 10.4 Å². The van der Waals surface area contributed by atoms with E-state index in [9.17, 15) is 5.11 Å². The van der Waals surface area contributed by atoms with E-state index in [1.807, 2.05) is 24.4 Å². The normalized spacial score (nSPS) is 12.4. The molecule has 0 aliphatic rings. The van der Waals surface area contributed by atoms with Gasteiger partial charge in [0.05, 0.1) is 7.11 Å². The van der Waals surface area contributed by atoms with Crippen LogP contribution in [0.3, 0.4) is 0 Å². The third kappa shape index (κ3) is 1.94. The van der Waals surface area contributed by atoms with Gasteiger partial charge in [-0.2, -0.15) is 0 Å². The Morgan fingerprint density at radius 3 is 2.88 bits per heavy atom. The molecule has 0 saturated heterocycles. The van der Waals surface area contributed by atoms with Crippen LogP contribution >= 0.6 is 11.3 Å². The van der Waals surface area contributed by atoms with E-state index >= 15 is 0 Å². The van der Waals surface area contributed by atoms with Crippen LogP contribution in [0.15, 0.2) is 29.8 Å². The Morgan fingerprint density at radius 2 is 2.25 bits per heavy atom. The molecule has 2 rings (SSSR count). The maximum atomic E-state index is 10.3. The summed E-state index contributed by atoms with van der Waals surface area (Å²) in [6.07, 6.45) is 0.986. The zero-order valence-electron chi connectivity index (χ0n) is 9.18. The number of hydrogen-bond acceptors (Lipinski definition) is 4. The monoisotopic (exact) mass is 235 g/mol. The summed E-state index contributed by atoms with van der Waals surface area (Å²) in [4.78, 5) is 5.02. The van der Waals surface area contributed by atoms with Crippen LogP contribution in [0.2, 0.25) is 0 Å². The molecule has 0 bridgehead atoms. The summed E-state index contributed by atoms with van der Waals surface area (Å²) >= 11 is 1.54. The number of aromatic nitrogens is 1. The summed E-state index contributed by atoms with van der Waals surface area (Å²) in [7, 11) is 1.56. The minimum atomic E-state index is -0.663. The molecule has 1 unspecified atom stereocenters. The fraction of sp³-hybridized carbons (Fsp3) is 0.250. The highest BCUT2D eigenvalue weighted by atomic mass is 32.1. The number of nitrogens with zero attached hydrogens (tertiary/aromatic N) is 1. The third-order valence-electron chi connectivity index (χ3n) is 2.44. The van der Waals surface area contributed by atoms with E-state index in [-0.39, 0.29) is 0 Å². The predicted octanol–water partition coefficient (Wildman–Crippen LogP) is 2.54. The van der Waals surface area contributed by atoms with Crippen LogP contribution in [0, 0.1) is 6.92 Å². The van der Waals surface area contributed by atoms with Crippen LogP contribution in [0.1, 0.15) is 22.1 Å². The number of hydrogen-bond donors (Lipinski definition) is 1. The molecule has 0 fully saturated rings. The number of ether oxygens (including phenoxy) is 1. The largest absolute Gasteiger partial charge is 0.481 e. The fourth-order valence-corrected chi connectivity index (χ4v) is 2.52. The Balaban J connectivity index is 2.41. The van der Waals surface area contributed by atoms with Gasteiger partial charge in [0, 0.05) is 16.6 Å². The van der Waals surface area contributed by atoms with Gasteiger partial charge in [0.1, 0.15) is 6.10 Å². The predicted molar refractivity (Wildman–Crippen MR) is 63.9 cm³/mol. The first-order valence-electron chi connectivity index (χ1n) is 4.95. The molecule has 2 aromatic rings. The lowest BCUT2D eigenvalue weighted by Crippen LogP contribution is -2.03. The van der Waals surface area contributed by atoms with Crippen LogP contribution in [0.5, 0.6) is 5.88 Å². The summed E-state index contributed by atoms with van der Waals surface area (Å²) in [5.74, 6) is 0.475. The van der Waals surface area contributed by atoms with Gasteiger partial charge in [-0.05, 0) is 36.1 Å². The van der Waals surface area contributed by atoms with Crippen molar-refractivity contribution in [1.29, 1.82) is 0 Å². The van der Waals surface area contributed by atoms with Crippen molar-refractivity contribution in [2.45, 2.75) is 13.0 Å². The van der Waals surface area contributed by atoms with Crippen molar-refractivity contribution in [3.8, 4) is 5.88 Å². The first kappa shape index (κ1) is 11.1. The number of aryl methyl sites for hydroxylation is 1. The molecule has 84 valence electrons. The van der Waals surface area contributed by atoms with Crippen LogP contribution < -0.4 is 4.74 Å². The van der Waals surface area contributed by atoms with Crippen LogP contribution in [-0.4, -0.2) is 17.2 Å². The summed E-state index contributed by atoms with van der Waals surface area (Å²) in [6.45, 7) is 1.98. The van der Waals surface area contributed by atoms with Gasteiger partial charge >= 0.3 is 0 Å². The quantitative estimate of drug-likeness (QED) is 0.889. The second kappa shape index (κ2) is 4.63. The number of pyridine rings is 1. The number of aliphatic hydroxyl groups is 1. The lowest BCUT2D eigenvalue weighted by molar-refractivity contribution is 0.216. The number of rotatable bonds is 3. The minimum absolute atomic E-state index is 0.475. The summed E-state index contributed by atoms with van der Waals surface area (Å²) in [5.41, 5.74) is 1.79. The second-order valence-corrected chi connectivity index (χ2v) is 4.42. The highest BCUT2D eigenvalue weighted by Crippen LogP contribution is 2.32. The van der Waals surface area contributed by atoms with Crippen molar-refractivity contribution in [2.75, 3.05) is 7.11 Å². The SMILES string of the molecule is COc1ncccc1C(O)c1sccc1C. The average molecular weight is 235 g/mol. The highest BCUT2D eigenvalue weighted by Gasteiger charge is 2.18. The van der Waals surface area contributed by atoms with Gasteiger partial charge in [-0.1, -0.05) is 0 Å². The van der Waals surface area contributed by atoms with Crippen molar-refractivity contribution in [1.82, 2.24) is 4.98 Å². The molecule has 0 aliphatic carbocycles. The molecule has 2 aromatic heterocycles. The number of methoxy groups -OCH3 is 1. The van der Waals surface area contributed by atoms with Crippen molar-refractivity contribution in [3.05, 3.63) is 45.8 Å². The van der Waals surface area contributed by atoms with Gasteiger partial charge in [-0.25, -0.2) is 4.98 Å². The standard InChI is InChI=1S/C12H13NO2S/c1-8-5-7-16-11(8)10(14)9-4-3-6-13-12(9)15-2/h3-7,10,14H,1-2H3. The fourth-order valence-electron chi connectivity index (χ4n) is 1.59. The van der Waals surface area contributed by atoms with Crippen molar-refractivity contribution in [2.24, 2.45) is 0 Å². The molecule has 0 aliphatic heterocycles. The lowest BCUT2D eigenvalue weighted by atomic mass is 10.1. The molecular formula is C12H13NO2S. The smallest absolute Gasteiger partial charge is 0.219 e. The average Bonchev–Trinajstić information content (AvgIpc) is 2.74. The molecule has 0 radical (unpaired) electrons. The molecule has 3 nitrogen and oxygen atoms in total. The van der Waals surface area contributed by atoms with Gasteiger partial charge < -0.3 is 9.84 Å². The summed E-state index contributed by atoms with van der Waals surface area (Å²) < 4.78 is 5.14. The molecule has 1 N–H and O–H groups in total. The van der Waals surface area contributed by atoms with Crippen molar-refractivity contribution < 1.29 is 9.84 Å². The van der Waals surface area contributed by atoms with E-state index < -0.39 is 6.10 Å². The maximum Gasteiger partial charge on any atom is 0.219 e. The van der Waals surface area contributed by atoms with E-state index in [0.29, 0.717) is 11.4 Å². The first-order chi connectivity index (χ1) is 7.74. The van der Waals surface area contributed by atoms with Crippen molar-refractivity contribution in [3.63, 3.8) is 0 Å². The number of aliphatic hydroxyl groups excluding tert-OH is 1. The minimum Gasteiger partial charge on any atom is -0.481 e. The van der Waals surface area contributed by atoms with Crippen molar-refractivity contribution >= 4 is 11.3 Å². The van der Waals surface area contributed by atoms with Crippen LogP contribution in [0.25, 0.3) is 0 Å². The number of thiophene rings is 1. The highest BCUT2D eigenvalue weighted by molar-refractivity contribution is 7.10. The van der Waals surface area contributed by atoms with Crippen LogP contribution in [0.4, 0.5) is 0 Å². The van der Waals surface area contributed by atoms with E-state index in [2.05, 4.69) is 4.98 Å². The molecule has 2 heterocycles. The molecule has 0 spiro atoms. The molecule has 4 heteroatoms. The zero-order valence-corrected chi connectivity index (χ0v) is 9.99. The second-order valence-electron chi connectivity index (χ2n) is 3.47.